The van der Waals surface area contributed by atoms with Gasteiger partial charge in [-0.3, -0.25) is 4.79 Å². The number of benzene rings is 1. The topological polar surface area (TPSA) is 70.9 Å². The van der Waals surface area contributed by atoms with Gasteiger partial charge in [-0.2, -0.15) is 0 Å². The van der Waals surface area contributed by atoms with E-state index in [1.807, 2.05) is 30.5 Å². The summed E-state index contributed by atoms with van der Waals surface area (Å²) in [7, 11) is 0. The van der Waals surface area contributed by atoms with E-state index >= 15 is 0 Å². The number of amides is 1. The second kappa shape index (κ2) is 5.05. The first kappa shape index (κ1) is 12.2. The first-order valence-electron chi connectivity index (χ1n) is 6.86. The predicted molar refractivity (Wildman–Crippen MR) is 75.9 cm³/mol. The van der Waals surface area contributed by atoms with Crippen LogP contribution in [0.1, 0.15) is 29.6 Å². The molecule has 19 heavy (non-hydrogen) atoms. The first-order valence-corrected chi connectivity index (χ1v) is 6.86. The van der Waals surface area contributed by atoms with Crippen LogP contribution < -0.4 is 11.1 Å². The summed E-state index contributed by atoms with van der Waals surface area (Å²) in [5.74, 6) is 0.438. The van der Waals surface area contributed by atoms with Crippen LogP contribution in [0.15, 0.2) is 30.5 Å². The Hall–Kier alpha value is -1.81. The smallest absolute Gasteiger partial charge is 0.251 e. The summed E-state index contributed by atoms with van der Waals surface area (Å²) in [6, 6.07) is 7.94. The molecule has 0 aliphatic heterocycles. The van der Waals surface area contributed by atoms with Gasteiger partial charge in [-0.25, -0.2) is 0 Å². The SMILES string of the molecule is NCC1CCCC1NC(=O)c1ccc2[nH]ccc2c1. The van der Waals surface area contributed by atoms with Crippen molar-refractivity contribution in [3.63, 3.8) is 0 Å². The number of aromatic nitrogens is 1. The summed E-state index contributed by atoms with van der Waals surface area (Å²) in [5.41, 5.74) is 7.51. The first-order chi connectivity index (χ1) is 9.28. The van der Waals surface area contributed by atoms with E-state index in [2.05, 4.69) is 10.3 Å². The number of nitrogens with one attached hydrogen (secondary N) is 2. The number of rotatable bonds is 3. The molecule has 1 fully saturated rings. The molecule has 4 heteroatoms. The van der Waals surface area contributed by atoms with Crippen LogP contribution >= 0.6 is 0 Å². The van der Waals surface area contributed by atoms with Crippen molar-refractivity contribution in [2.45, 2.75) is 25.3 Å². The van der Waals surface area contributed by atoms with Gasteiger partial charge in [0.1, 0.15) is 0 Å². The number of carbonyl (C=O) groups excluding carboxylic acids is 1. The van der Waals surface area contributed by atoms with E-state index in [9.17, 15) is 4.79 Å². The Labute approximate surface area is 112 Å². The Kier molecular flexibility index (Phi) is 3.25. The van der Waals surface area contributed by atoms with Gasteiger partial charge in [0.05, 0.1) is 0 Å². The Morgan fingerprint density at radius 2 is 2.26 bits per heavy atom. The Morgan fingerprint density at radius 3 is 3.11 bits per heavy atom. The van der Waals surface area contributed by atoms with Gasteiger partial charge in [-0.15, -0.1) is 0 Å². The molecule has 0 saturated heterocycles. The second-order valence-corrected chi connectivity index (χ2v) is 5.29. The van der Waals surface area contributed by atoms with E-state index in [1.165, 1.54) is 0 Å². The van der Waals surface area contributed by atoms with Gasteiger partial charge in [0.25, 0.3) is 5.91 Å². The molecular formula is C15H19N3O. The fraction of sp³-hybridized carbons (Fsp3) is 0.400. The van der Waals surface area contributed by atoms with E-state index < -0.39 is 0 Å². The van der Waals surface area contributed by atoms with Gasteiger partial charge in [0.2, 0.25) is 0 Å². The van der Waals surface area contributed by atoms with Crippen LogP contribution in [0.5, 0.6) is 0 Å². The molecule has 1 aromatic heterocycles. The van der Waals surface area contributed by atoms with Crippen LogP contribution in [0.3, 0.4) is 0 Å². The van der Waals surface area contributed by atoms with Gasteiger partial charge in [0.15, 0.2) is 0 Å². The van der Waals surface area contributed by atoms with E-state index in [0.29, 0.717) is 12.5 Å². The number of hydrogen-bond donors (Lipinski definition) is 3. The molecule has 2 atom stereocenters. The zero-order chi connectivity index (χ0) is 13.2. The summed E-state index contributed by atoms with van der Waals surface area (Å²) >= 11 is 0. The molecule has 1 aromatic carbocycles. The lowest BCUT2D eigenvalue weighted by atomic mass is 10.0. The zero-order valence-corrected chi connectivity index (χ0v) is 10.9. The molecule has 2 aromatic rings. The number of nitrogens with two attached hydrogens (primary N) is 1. The van der Waals surface area contributed by atoms with Crippen LogP contribution in [0.25, 0.3) is 10.9 Å². The predicted octanol–water partition coefficient (Wildman–Crippen LogP) is 2.03. The molecule has 3 rings (SSSR count). The second-order valence-electron chi connectivity index (χ2n) is 5.29. The molecule has 2 unspecified atom stereocenters. The van der Waals surface area contributed by atoms with Crippen molar-refractivity contribution in [1.29, 1.82) is 0 Å². The Morgan fingerprint density at radius 1 is 1.37 bits per heavy atom. The highest BCUT2D eigenvalue weighted by Gasteiger charge is 2.27. The molecule has 1 saturated carbocycles. The highest BCUT2D eigenvalue weighted by atomic mass is 16.1. The van der Waals surface area contributed by atoms with Crippen molar-refractivity contribution >= 4 is 16.8 Å². The van der Waals surface area contributed by atoms with Gasteiger partial charge in [0, 0.05) is 28.7 Å². The summed E-state index contributed by atoms with van der Waals surface area (Å²) in [6.45, 7) is 0.655. The summed E-state index contributed by atoms with van der Waals surface area (Å²) in [6.07, 6.45) is 5.20. The number of hydrogen-bond acceptors (Lipinski definition) is 2. The summed E-state index contributed by atoms with van der Waals surface area (Å²) < 4.78 is 0. The molecule has 1 heterocycles. The van der Waals surface area contributed by atoms with Crippen molar-refractivity contribution in [3.05, 3.63) is 36.0 Å². The molecule has 0 radical (unpaired) electrons. The molecule has 0 bridgehead atoms. The number of aromatic amines is 1. The molecular weight excluding hydrogens is 238 g/mol. The van der Waals surface area contributed by atoms with Crippen molar-refractivity contribution in [1.82, 2.24) is 10.3 Å². The minimum atomic E-state index is 0.00782. The Balaban J connectivity index is 1.76. The molecule has 1 amide bonds. The molecule has 100 valence electrons. The van der Waals surface area contributed by atoms with Crippen LogP contribution in [0, 0.1) is 5.92 Å². The summed E-state index contributed by atoms with van der Waals surface area (Å²) in [5, 5.41) is 4.19. The maximum atomic E-state index is 12.3. The average Bonchev–Trinajstić information content (AvgIpc) is 3.05. The van der Waals surface area contributed by atoms with Crippen molar-refractivity contribution in [3.8, 4) is 0 Å². The molecule has 1 aliphatic carbocycles. The standard InChI is InChI=1S/C15H19N3O/c16-9-12-2-1-3-14(12)18-15(19)11-4-5-13-10(8-11)6-7-17-13/h4-8,12,14,17H,1-3,9,16H2,(H,18,19). The van der Waals surface area contributed by atoms with Gasteiger partial charge < -0.3 is 16.0 Å². The van der Waals surface area contributed by atoms with Crippen molar-refractivity contribution in [2.75, 3.05) is 6.54 Å². The fourth-order valence-corrected chi connectivity index (χ4v) is 2.96. The lowest BCUT2D eigenvalue weighted by Crippen LogP contribution is -2.39. The highest BCUT2D eigenvalue weighted by Crippen LogP contribution is 2.25. The summed E-state index contributed by atoms with van der Waals surface area (Å²) in [4.78, 5) is 15.4. The third-order valence-corrected chi connectivity index (χ3v) is 4.09. The fourth-order valence-electron chi connectivity index (χ4n) is 2.96. The van der Waals surface area contributed by atoms with Crippen LogP contribution in [0.2, 0.25) is 0 Å². The molecule has 4 nitrogen and oxygen atoms in total. The van der Waals surface area contributed by atoms with Crippen LogP contribution in [-0.4, -0.2) is 23.5 Å². The minimum Gasteiger partial charge on any atom is -0.361 e. The molecule has 4 N–H and O–H groups in total. The van der Waals surface area contributed by atoms with E-state index in [-0.39, 0.29) is 11.9 Å². The normalized spacial score (nSPS) is 22.8. The highest BCUT2D eigenvalue weighted by molar-refractivity contribution is 5.98. The zero-order valence-electron chi connectivity index (χ0n) is 10.9. The maximum Gasteiger partial charge on any atom is 0.251 e. The van der Waals surface area contributed by atoms with Gasteiger partial charge in [-0.05, 0) is 49.6 Å². The van der Waals surface area contributed by atoms with E-state index in [4.69, 9.17) is 5.73 Å². The molecule has 0 spiro atoms. The third kappa shape index (κ3) is 2.36. The number of fused-ring (bicyclic) bond motifs is 1. The maximum absolute atomic E-state index is 12.3. The monoisotopic (exact) mass is 257 g/mol. The lowest BCUT2D eigenvalue weighted by Gasteiger charge is -2.19. The van der Waals surface area contributed by atoms with Gasteiger partial charge >= 0.3 is 0 Å². The lowest BCUT2D eigenvalue weighted by molar-refractivity contribution is 0.0929. The Bertz CT molecular complexity index is 590. The third-order valence-electron chi connectivity index (χ3n) is 4.09. The number of H-pyrrole nitrogens is 1. The van der Waals surface area contributed by atoms with Crippen LogP contribution in [0.4, 0.5) is 0 Å². The van der Waals surface area contributed by atoms with Gasteiger partial charge in [-0.1, -0.05) is 6.42 Å². The van der Waals surface area contributed by atoms with Crippen LogP contribution in [-0.2, 0) is 0 Å². The average molecular weight is 257 g/mol. The van der Waals surface area contributed by atoms with Crippen molar-refractivity contribution < 1.29 is 4.79 Å². The quantitative estimate of drug-likeness (QED) is 0.787. The number of carbonyl (C=O) groups is 1. The van der Waals surface area contributed by atoms with E-state index in [0.717, 1.165) is 35.7 Å². The van der Waals surface area contributed by atoms with E-state index in [1.54, 1.807) is 0 Å². The largest absolute Gasteiger partial charge is 0.361 e. The minimum absolute atomic E-state index is 0.00782. The molecule has 1 aliphatic rings. The van der Waals surface area contributed by atoms with Crippen molar-refractivity contribution in [2.24, 2.45) is 11.7 Å².